The van der Waals surface area contributed by atoms with Crippen molar-refractivity contribution in [2.45, 2.75) is 70.4 Å². The summed E-state index contributed by atoms with van der Waals surface area (Å²) in [6.07, 6.45) is 8.75. The zero-order valence-electron chi connectivity index (χ0n) is 12.1. The normalized spacial score (nSPS) is 31.5. The number of carbonyl (C=O) groups excluding carboxylic acids is 1. The number of nitrogens with one attached hydrogen (secondary N) is 1. The van der Waals surface area contributed by atoms with Crippen LogP contribution in [0.5, 0.6) is 0 Å². The second-order valence-electron chi connectivity index (χ2n) is 6.27. The van der Waals surface area contributed by atoms with E-state index in [0.717, 1.165) is 45.1 Å². The van der Waals surface area contributed by atoms with E-state index in [1.54, 1.807) is 0 Å². The molecule has 0 spiro atoms. The molecule has 1 saturated carbocycles. The highest BCUT2D eigenvalue weighted by molar-refractivity contribution is 5.83. The van der Waals surface area contributed by atoms with Gasteiger partial charge in [0.25, 0.3) is 0 Å². The fraction of sp³-hybridized carbons (Fsp3) is 0.933. The highest BCUT2D eigenvalue weighted by Gasteiger charge is 2.38. The number of nitrogens with two attached hydrogens (primary N) is 1. The van der Waals surface area contributed by atoms with E-state index in [2.05, 4.69) is 12.2 Å². The molecule has 2 rings (SSSR count). The van der Waals surface area contributed by atoms with E-state index in [9.17, 15) is 4.79 Å². The Morgan fingerprint density at radius 3 is 2.58 bits per heavy atom. The summed E-state index contributed by atoms with van der Waals surface area (Å²) in [4.78, 5) is 12.6. The van der Waals surface area contributed by atoms with Gasteiger partial charge in [0.15, 0.2) is 0 Å². The summed E-state index contributed by atoms with van der Waals surface area (Å²) in [6.45, 7) is 3.31. The van der Waals surface area contributed by atoms with Crippen LogP contribution < -0.4 is 11.1 Å². The zero-order chi connectivity index (χ0) is 13.7. The van der Waals surface area contributed by atoms with E-state index in [0.29, 0.717) is 6.54 Å². The molecule has 0 bridgehead atoms. The third-order valence-corrected chi connectivity index (χ3v) is 4.75. The summed E-state index contributed by atoms with van der Waals surface area (Å²) in [5.74, 6) is 0.191. The van der Waals surface area contributed by atoms with Gasteiger partial charge in [-0.2, -0.15) is 0 Å². The maximum atomic E-state index is 12.6. The summed E-state index contributed by atoms with van der Waals surface area (Å²) in [5, 5.41) is 3.24. The second-order valence-corrected chi connectivity index (χ2v) is 6.27. The molecule has 1 aliphatic carbocycles. The van der Waals surface area contributed by atoms with Crippen molar-refractivity contribution in [2.75, 3.05) is 13.2 Å². The molecule has 1 heterocycles. The highest BCUT2D eigenvalue weighted by Crippen LogP contribution is 2.34. The molecule has 4 heteroatoms. The monoisotopic (exact) mass is 268 g/mol. The molecule has 1 amide bonds. The van der Waals surface area contributed by atoms with Gasteiger partial charge in [-0.3, -0.25) is 4.79 Å². The van der Waals surface area contributed by atoms with Crippen LogP contribution in [0.15, 0.2) is 0 Å². The topological polar surface area (TPSA) is 64.4 Å². The number of hydrogen-bond acceptors (Lipinski definition) is 3. The molecule has 0 radical (unpaired) electrons. The molecular weight excluding hydrogens is 240 g/mol. The predicted molar refractivity (Wildman–Crippen MR) is 75.8 cm³/mol. The molecule has 2 atom stereocenters. The molecule has 110 valence electrons. The van der Waals surface area contributed by atoms with Crippen LogP contribution >= 0.6 is 0 Å². The number of ether oxygens (including phenoxy) is 1. The number of amides is 1. The van der Waals surface area contributed by atoms with Crippen LogP contribution in [0, 0.1) is 5.41 Å². The summed E-state index contributed by atoms with van der Waals surface area (Å²) in [6, 6.07) is 0.267. The Hall–Kier alpha value is -0.610. The van der Waals surface area contributed by atoms with Gasteiger partial charge in [0.2, 0.25) is 5.91 Å². The van der Waals surface area contributed by atoms with Crippen molar-refractivity contribution in [2.24, 2.45) is 11.1 Å². The Bertz CT molecular complexity index is 299. The van der Waals surface area contributed by atoms with Gasteiger partial charge in [0, 0.05) is 19.2 Å². The average molecular weight is 268 g/mol. The quantitative estimate of drug-likeness (QED) is 0.769. The molecule has 2 fully saturated rings. The molecule has 3 N–H and O–H groups in total. The molecule has 2 aliphatic rings. The molecule has 0 aromatic rings. The van der Waals surface area contributed by atoms with E-state index < -0.39 is 0 Å². The van der Waals surface area contributed by atoms with Gasteiger partial charge in [-0.15, -0.1) is 0 Å². The molecule has 2 unspecified atom stereocenters. The van der Waals surface area contributed by atoms with Gasteiger partial charge >= 0.3 is 0 Å². The summed E-state index contributed by atoms with van der Waals surface area (Å²) in [7, 11) is 0. The van der Waals surface area contributed by atoms with Crippen molar-refractivity contribution in [3.05, 3.63) is 0 Å². The molecule has 0 aromatic heterocycles. The first kappa shape index (κ1) is 14.8. The highest BCUT2D eigenvalue weighted by atomic mass is 16.5. The third kappa shape index (κ3) is 3.69. The Morgan fingerprint density at radius 1 is 1.32 bits per heavy atom. The van der Waals surface area contributed by atoms with E-state index in [-0.39, 0.29) is 23.5 Å². The lowest BCUT2D eigenvalue weighted by molar-refractivity contribution is -0.133. The van der Waals surface area contributed by atoms with E-state index in [4.69, 9.17) is 10.5 Å². The lowest BCUT2D eigenvalue weighted by Crippen LogP contribution is -2.51. The minimum Gasteiger partial charge on any atom is -0.378 e. The third-order valence-electron chi connectivity index (χ3n) is 4.75. The standard InChI is InChI=1S/C15H28N2O2/c1-12-10-13(6-9-19-12)17-14(18)15(11-16)7-4-2-3-5-8-15/h12-13H,2-11,16H2,1H3,(H,17,18). The van der Waals surface area contributed by atoms with E-state index in [1.807, 2.05) is 0 Å². The van der Waals surface area contributed by atoms with Crippen LogP contribution in [-0.4, -0.2) is 31.2 Å². The first-order valence-electron chi connectivity index (χ1n) is 7.79. The minimum absolute atomic E-state index is 0.191. The molecule has 1 saturated heterocycles. The van der Waals surface area contributed by atoms with Crippen LogP contribution in [0.2, 0.25) is 0 Å². The Labute approximate surface area is 116 Å². The van der Waals surface area contributed by atoms with Crippen molar-refractivity contribution in [1.82, 2.24) is 5.32 Å². The van der Waals surface area contributed by atoms with Crippen molar-refractivity contribution in [3.63, 3.8) is 0 Å². The molecule has 4 nitrogen and oxygen atoms in total. The lowest BCUT2D eigenvalue weighted by atomic mass is 9.79. The van der Waals surface area contributed by atoms with Crippen molar-refractivity contribution in [1.29, 1.82) is 0 Å². The maximum Gasteiger partial charge on any atom is 0.227 e. The Kier molecular flexibility index (Phi) is 5.22. The van der Waals surface area contributed by atoms with Gasteiger partial charge in [0.1, 0.15) is 0 Å². The number of hydrogen-bond donors (Lipinski definition) is 2. The van der Waals surface area contributed by atoms with Crippen LogP contribution in [-0.2, 0) is 9.53 Å². The first-order valence-corrected chi connectivity index (χ1v) is 7.79. The molecular formula is C15H28N2O2. The van der Waals surface area contributed by atoms with Gasteiger partial charge in [-0.05, 0) is 32.6 Å². The Balaban J connectivity index is 1.95. The van der Waals surface area contributed by atoms with Crippen LogP contribution in [0.3, 0.4) is 0 Å². The predicted octanol–water partition coefficient (Wildman–Crippen LogP) is 1.97. The van der Waals surface area contributed by atoms with Crippen molar-refractivity contribution >= 4 is 5.91 Å². The number of rotatable bonds is 3. The lowest BCUT2D eigenvalue weighted by Gasteiger charge is -2.34. The van der Waals surface area contributed by atoms with E-state index >= 15 is 0 Å². The first-order chi connectivity index (χ1) is 9.16. The van der Waals surface area contributed by atoms with Crippen molar-refractivity contribution in [3.8, 4) is 0 Å². The maximum absolute atomic E-state index is 12.6. The van der Waals surface area contributed by atoms with Gasteiger partial charge in [0.05, 0.1) is 11.5 Å². The number of carbonyl (C=O) groups is 1. The molecule has 19 heavy (non-hydrogen) atoms. The smallest absolute Gasteiger partial charge is 0.227 e. The van der Waals surface area contributed by atoms with Gasteiger partial charge in [-0.25, -0.2) is 0 Å². The van der Waals surface area contributed by atoms with Gasteiger partial charge < -0.3 is 15.8 Å². The zero-order valence-corrected chi connectivity index (χ0v) is 12.1. The fourth-order valence-corrected chi connectivity index (χ4v) is 3.40. The van der Waals surface area contributed by atoms with Crippen LogP contribution in [0.4, 0.5) is 0 Å². The SMILES string of the molecule is CC1CC(NC(=O)C2(CN)CCCCCC2)CCO1. The average Bonchev–Trinajstić information content (AvgIpc) is 2.65. The summed E-state index contributed by atoms with van der Waals surface area (Å²) in [5.41, 5.74) is 5.65. The largest absolute Gasteiger partial charge is 0.378 e. The van der Waals surface area contributed by atoms with Gasteiger partial charge in [-0.1, -0.05) is 25.7 Å². The summed E-state index contributed by atoms with van der Waals surface area (Å²) >= 11 is 0. The van der Waals surface area contributed by atoms with Crippen LogP contribution in [0.25, 0.3) is 0 Å². The van der Waals surface area contributed by atoms with E-state index in [1.165, 1.54) is 12.8 Å². The van der Waals surface area contributed by atoms with Crippen molar-refractivity contribution < 1.29 is 9.53 Å². The molecule has 0 aromatic carbocycles. The summed E-state index contributed by atoms with van der Waals surface area (Å²) < 4.78 is 5.53. The fourth-order valence-electron chi connectivity index (χ4n) is 3.40. The van der Waals surface area contributed by atoms with Crippen LogP contribution in [0.1, 0.15) is 58.3 Å². The second kappa shape index (κ2) is 6.71. The minimum atomic E-state index is -0.307. The molecule has 1 aliphatic heterocycles. The Morgan fingerprint density at radius 2 is 2.00 bits per heavy atom.